The van der Waals surface area contributed by atoms with E-state index in [2.05, 4.69) is 14.9 Å². The molecule has 27 heavy (non-hydrogen) atoms. The number of aromatic nitrogens is 3. The zero-order chi connectivity index (χ0) is 18.8. The van der Waals surface area contributed by atoms with E-state index in [1.165, 1.54) is 22.8 Å². The number of hydrogen-bond acceptors (Lipinski definition) is 3. The first kappa shape index (κ1) is 17.0. The number of alkyl halides is 2. The maximum absolute atomic E-state index is 12.4. The summed E-state index contributed by atoms with van der Waals surface area (Å²) in [5, 5.41) is 7.93. The molecule has 0 amide bonds. The summed E-state index contributed by atoms with van der Waals surface area (Å²) in [6, 6.07) is 15.5. The predicted octanol–water partition coefficient (Wildman–Crippen LogP) is 4.04. The molecule has 5 nitrogen and oxygen atoms in total. The van der Waals surface area contributed by atoms with Crippen LogP contribution in [0.25, 0.3) is 22.0 Å². The van der Waals surface area contributed by atoms with Gasteiger partial charge in [0.1, 0.15) is 5.75 Å². The van der Waals surface area contributed by atoms with Crippen molar-refractivity contribution in [3.8, 4) is 16.9 Å². The fourth-order valence-electron chi connectivity index (χ4n) is 2.96. The summed E-state index contributed by atoms with van der Waals surface area (Å²) >= 11 is 0. The van der Waals surface area contributed by atoms with E-state index in [4.69, 9.17) is 0 Å². The summed E-state index contributed by atoms with van der Waals surface area (Å²) in [5.74, 6) is 0.0661. The van der Waals surface area contributed by atoms with Gasteiger partial charge >= 0.3 is 6.61 Å². The maximum Gasteiger partial charge on any atom is 0.387 e. The van der Waals surface area contributed by atoms with Gasteiger partial charge in [-0.05, 0) is 41.0 Å². The Bertz CT molecular complexity index is 1150. The highest BCUT2D eigenvalue weighted by Gasteiger charge is 2.07. The quantitative estimate of drug-likeness (QED) is 0.579. The molecule has 2 aromatic heterocycles. The van der Waals surface area contributed by atoms with Gasteiger partial charge in [-0.25, -0.2) is 0 Å². The number of pyridine rings is 1. The summed E-state index contributed by atoms with van der Waals surface area (Å²) in [7, 11) is 0. The third kappa shape index (κ3) is 3.72. The van der Waals surface area contributed by atoms with Crippen molar-refractivity contribution in [2.24, 2.45) is 0 Å². The average Bonchev–Trinajstić information content (AvgIpc) is 3.11. The molecule has 0 saturated heterocycles. The lowest BCUT2D eigenvalue weighted by Crippen LogP contribution is -2.19. The fraction of sp³-hybridized carbons (Fsp3) is 0.100. The van der Waals surface area contributed by atoms with E-state index in [-0.39, 0.29) is 17.9 Å². The fourth-order valence-corrected chi connectivity index (χ4v) is 2.96. The molecule has 0 unspecified atom stereocenters. The number of hydrogen-bond donors (Lipinski definition) is 1. The minimum absolute atomic E-state index is 0.0661. The lowest BCUT2D eigenvalue weighted by Gasteiger charge is -2.10. The van der Waals surface area contributed by atoms with Crippen molar-refractivity contribution in [1.29, 1.82) is 0 Å². The molecule has 0 atom stereocenters. The smallest absolute Gasteiger partial charge is 0.387 e. The number of H-pyrrole nitrogens is 1. The topological polar surface area (TPSA) is 59.9 Å². The van der Waals surface area contributed by atoms with Gasteiger partial charge in [-0.15, -0.1) is 0 Å². The van der Waals surface area contributed by atoms with Gasteiger partial charge in [-0.2, -0.15) is 13.9 Å². The Balaban J connectivity index is 1.65. The highest BCUT2D eigenvalue weighted by atomic mass is 19.3. The number of fused-ring (bicyclic) bond motifs is 1. The summed E-state index contributed by atoms with van der Waals surface area (Å²) < 4.78 is 30.7. The van der Waals surface area contributed by atoms with Crippen LogP contribution in [0.15, 0.2) is 71.8 Å². The van der Waals surface area contributed by atoms with Crippen LogP contribution in [0.1, 0.15) is 5.56 Å². The van der Waals surface area contributed by atoms with Crippen LogP contribution in [0.4, 0.5) is 8.78 Å². The summed E-state index contributed by atoms with van der Waals surface area (Å²) in [4.78, 5) is 12.2. The largest absolute Gasteiger partial charge is 0.435 e. The van der Waals surface area contributed by atoms with Gasteiger partial charge in [0.2, 0.25) is 0 Å². The molecule has 4 aromatic rings. The van der Waals surface area contributed by atoms with Crippen molar-refractivity contribution in [3.63, 3.8) is 0 Å². The molecule has 2 aromatic carbocycles. The van der Waals surface area contributed by atoms with Crippen molar-refractivity contribution in [1.82, 2.24) is 14.8 Å². The van der Waals surface area contributed by atoms with E-state index in [0.29, 0.717) is 5.56 Å². The summed E-state index contributed by atoms with van der Waals surface area (Å²) in [6.07, 6.45) is 3.50. The Kier molecular flexibility index (Phi) is 4.42. The van der Waals surface area contributed by atoms with E-state index in [1.807, 2.05) is 18.2 Å². The van der Waals surface area contributed by atoms with Crippen molar-refractivity contribution in [2.45, 2.75) is 13.2 Å². The molecule has 0 fully saturated rings. The van der Waals surface area contributed by atoms with Gasteiger partial charge < -0.3 is 9.30 Å². The monoisotopic (exact) mass is 367 g/mol. The first-order valence-corrected chi connectivity index (χ1v) is 8.26. The molecular weight excluding hydrogens is 352 g/mol. The molecule has 0 spiro atoms. The predicted molar refractivity (Wildman–Crippen MR) is 98.0 cm³/mol. The second kappa shape index (κ2) is 7.03. The molecule has 4 rings (SSSR count). The van der Waals surface area contributed by atoms with Gasteiger partial charge in [-0.3, -0.25) is 9.89 Å². The van der Waals surface area contributed by atoms with Crippen molar-refractivity contribution < 1.29 is 13.5 Å². The molecule has 7 heteroatoms. The van der Waals surface area contributed by atoms with Gasteiger partial charge in [0.15, 0.2) is 0 Å². The Hall–Kier alpha value is -3.48. The molecule has 0 bridgehead atoms. The number of ether oxygens (including phenoxy) is 1. The molecule has 2 heterocycles. The van der Waals surface area contributed by atoms with E-state index >= 15 is 0 Å². The van der Waals surface area contributed by atoms with Gasteiger partial charge in [0.05, 0.1) is 18.3 Å². The van der Waals surface area contributed by atoms with Crippen LogP contribution in [-0.2, 0) is 6.54 Å². The van der Waals surface area contributed by atoms with Crippen LogP contribution >= 0.6 is 0 Å². The van der Waals surface area contributed by atoms with Crippen LogP contribution in [0.3, 0.4) is 0 Å². The van der Waals surface area contributed by atoms with Crippen molar-refractivity contribution in [3.05, 3.63) is 82.9 Å². The van der Waals surface area contributed by atoms with Crippen LogP contribution in [-0.4, -0.2) is 21.4 Å². The zero-order valence-electron chi connectivity index (χ0n) is 14.1. The number of nitrogens with zero attached hydrogens (tertiary/aromatic N) is 2. The lowest BCUT2D eigenvalue weighted by molar-refractivity contribution is -0.0498. The van der Waals surface area contributed by atoms with E-state index < -0.39 is 6.61 Å². The van der Waals surface area contributed by atoms with Crippen molar-refractivity contribution in [2.75, 3.05) is 0 Å². The second-order valence-corrected chi connectivity index (χ2v) is 6.08. The van der Waals surface area contributed by atoms with Gasteiger partial charge in [0.25, 0.3) is 5.56 Å². The van der Waals surface area contributed by atoms with Gasteiger partial charge in [-0.1, -0.05) is 24.3 Å². The molecule has 0 aliphatic heterocycles. The van der Waals surface area contributed by atoms with Crippen LogP contribution in [0.2, 0.25) is 0 Å². The third-order valence-electron chi connectivity index (χ3n) is 4.24. The minimum Gasteiger partial charge on any atom is -0.435 e. The number of rotatable bonds is 5. The molecule has 1 N–H and O–H groups in total. The number of benzene rings is 2. The Morgan fingerprint density at radius 3 is 2.78 bits per heavy atom. The molecule has 0 aliphatic carbocycles. The highest BCUT2D eigenvalue weighted by Crippen LogP contribution is 2.23. The number of nitrogens with one attached hydrogen (secondary N) is 1. The van der Waals surface area contributed by atoms with Gasteiger partial charge in [0, 0.05) is 17.6 Å². The maximum atomic E-state index is 12.4. The first-order chi connectivity index (χ1) is 13.1. The van der Waals surface area contributed by atoms with E-state index in [0.717, 1.165) is 22.0 Å². The molecule has 0 saturated carbocycles. The van der Waals surface area contributed by atoms with E-state index in [9.17, 15) is 13.6 Å². The number of aromatic amines is 1. The molecule has 136 valence electrons. The standard InChI is InChI=1S/C20H15F2N3O2/c21-20(22)27-17-3-1-2-13(8-17)11-25-12-16(6-7-19(25)26)14-4-5-15-10-23-24-18(15)9-14/h1-10,12,20H,11H2,(H,23,24). The Labute approximate surface area is 152 Å². The Morgan fingerprint density at radius 2 is 1.93 bits per heavy atom. The average molecular weight is 367 g/mol. The van der Waals surface area contributed by atoms with Crippen LogP contribution in [0, 0.1) is 0 Å². The van der Waals surface area contributed by atoms with E-state index in [1.54, 1.807) is 30.6 Å². The third-order valence-corrected chi connectivity index (χ3v) is 4.24. The zero-order valence-corrected chi connectivity index (χ0v) is 14.1. The summed E-state index contributed by atoms with van der Waals surface area (Å²) in [6.45, 7) is -2.64. The minimum atomic E-state index is -2.89. The second-order valence-electron chi connectivity index (χ2n) is 6.08. The summed E-state index contributed by atoms with van der Waals surface area (Å²) in [5.41, 5.74) is 3.22. The van der Waals surface area contributed by atoms with Crippen LogP contribution < -0.4 is 10.3 Å². The lowest BCUT2D eigenvalue weighted by atomic mass is 10.1. The van der Waals surface area contributed by atoms with Crippen LogP contribution in [0.5, 0.6) is 5.75 Å². The highest BCUT2D eigenvalue weighted by molar-refractivity contribution is 5.83. The Morgan fingerprint density at radius 1 is 1.07 bits per heavy atom. The first-order valence-electron chi connectivity index (χ1n) is 8.26. The van der Waals surface area contributed by atoms with Crippen molar-refractivity contribution >= 4 is 10.9 Å². The molecular formula is C20H15F2N3O2. The SMILES string of the molecule is O=c1ccc(-c2ccc3cn[nH]c3c2)cn1Cc1cccc(OC(F)F)c1. The molecule has 0 aliphatic rings. The number of halogens is 2. The normalized spacial score (nSPS) is 11.2. The molecule has 0 radical (unpaired) electrons.